The highest BCUT2D eigenvalue weighted by molar-refractivity contribution is 8.03. The Bertz CT molecular complexity index is 435. The molecule has 15 heavy (non-hydrogen) atoms. The Hall–Kier alpha value is -1.23. The Balaban J connectivity index is 2.40. The lowest BCUT2D eigenvalue weighted by Gasteiger charge is -2.09. The summed E-state index contributed by atoms with van der Waals surface area (Å²) in [5.74, 6) is 0. The topological polar surface area (TPSA) is 12.4 Å². The Morgan fingerprint density at radius 3 is 2.60 bits per heavy atom. The second-order valence-corrected chi connectivity index (χ2v) is 3.99. The third kappa shape index (κ3) is 2.23. The maximum atomic E-state index is 12.5. The molecule has 0 unspecified atom stereocenters. The van der Waals surface area contributed by atoms with E-state index in [0.29, 0.717) is 22.2 Å². The van der Waals surface area contributed by atoms with Crippen LogP contribution < -0.4 is 0 Å². The molecule has 78 valence electrons. The van der Waals surface area contributed by atoms with Crippen LogP contribution in [-0.4, -0.2) is 12.4 Å². The number of alkyl halides is 3. The average molecular weight is 229 g/mol. The minimum atomic E-state index is -4.33. The van der Waals surface area contributed by atoms with Gasteiger partial charge in [0, 0.05) is 22.9 Å². The number of benzene rings is 1. The summed E-state index contributed by atoms with van der Waals surface area (Å²) in [6.07, 6.45) is -2.05. The van der Waals surface area contributed by atoms with Crippen molar-refractivity contribution in [2.24, 2.45) is 4.99 Å². The van der Waals surface area contributed by atoms with E-state index in [9.17, 15) is 13.2 Å². The summed E-state index contributed by atoms with van der Waals surface area (Å²) in [4.78, 5) is 3.51. The lowest BCUT2D eigenvalue weighted by atomic mass is 10.2. The molecule has 1 aromatic rings. The number of aliphatic imine (C=N–C) groups is 1. The molecular weight excluding hydrogens is 223 g/mol. The fraction of sp³-hybridized carbons (Fsp3) is 0.100. The van der Waals surface area contributed by atoms with Crippen LogP contribution in [0.15, 0.2) is 45.3 Å². The fourth-order valence-electron chi connectivity index (χ4n) is 1.14. The monoisotopic (exact) mass is 229 g/mol. The summed E-state index contributed by atoms with van der Waals surface area (Å²) in [5, 5.41) is 0. The highest BCUT2D eigenvalue weighted by atomic mass is 32.2. The van der Waals surface area contributed by atoms with Crippen molar-refractivity contribution in [1.82, 2.24) is 0 Å². The van der Waals surface area contributed by atoms with Crippen molar-refractivity contribution in [1.29, 1.82) is 0 Å². The van der Waals surface area contributed by atoms with E-state index in [1.165, 1.54) is 6.21 Å². The SMILES string of the molecule is FC(F)(F)C1=CN=Cc2ccccc2S1. The first-order valence-electron chi connectivity index (χ1n) is 4.15. The molecule has 1 aromatic carbocycles. The number of allylic oxidation sites excluding steroid dienone is 1. The standard InChI is InChI=1S/C10H6F3NS/c11-10(12,13)9-6-14-5-7-3-1-2-4-8(7)15-9/h1-6H. The van der Waals surface area contributed by atoms with Crippen molar-refractivity contribution in [3.8, 4) is 0 Å². The smallest absolute Gasteiger partial charge is 0.263 e. The number of rotatable bonds is 0. The van der Waals surface area contributed by atoms with E-state index in [-0.39, 0.29) is 0 Å². The Kier molecular flexibility index (Phi) is 2.56. The molecule has 0 atom stereocenters. The van der Waals surface area contributed by atoms with Crippen LogP contribution in [0, 0.1) is 0 Å². The van der Waals surface area contributed by atoms with Gasteiger partial charge in [0.2, 0.25) is 0 Å². The fourth-order valence-corrected chi connectivity index (χ4v) is 1.99. The van der Waals surface area contributed by atoms with E-state index >= 15 is 0 Å². The molecule has 1 nitrogen and oxygen atoms in total. The van der Waals surface area contributed by atoms with E-state index in [2.05, 4.69) is 4.99 Å². The van der Waals surface area contributed by atoms with E-state index in [0.717, 1.165) is 6.20 Å². The predicted octanol–water partition coefficient (Wildman–Crippen LogP) is 3.61. The third-order valence-corrected chi connectivity index (χ3v) is 2.97. The molecule has 2 rings (SSSR count). The molecule has 0 amide bonds. The van der Waals surface area contributed by atoms with Crippen molar-refractivity contribution < 1.29 is 13.2 Å². The first-order valence-corrected chi connectivity index (χ1v) is 4.96. The van der Waals surface area contributed by atoms with Crippen LogP contribution in [0.2, 0.25) is 0 Å². The quantitative estimate of drug-likeness (QED) is 0.662. The summed E-state index contributed by atoms with van der Waals surface area (Å²) < 4.78 is 37.4. The Morgan fingerprint density at radius 2 is 1.87 bits per heavy atom. The number of hydrogen-bond donors (Lipinski definition) is 0. The van der Waals surface area contributed by atoms with Gasteiger partial charge >= 0.3 is 6.18 Å². The van der Waals surface area contributed by atoms with Gasteiger partial charge < -0.3 is 0 Å². The molecule has 1 aliphatic heterocycles. The third-order valence-electron chi connectivity index (χ3n) is 1.82. The Labute approximate surface area is 88.7 Å². The van der Waals surface area contributed by atoms with Gasteiger partial charge in [0.25, 0.3) is 0 Å². The van der Waals surface area contributed by atoms with E-state index in [4.69, 9.17) is 0 Å². The number of fused-ring (bicyclic) bond motifs is 1. The van der Waals surface area contributed by atoms with E-state index < -0.39 is 11.1 Å². The van der Waals surface area contributed by atoms with Crippen LogP contribution in [-0.2, 0) is 0 Å². The number of hydrogen-bond acceptors (Lipinski definition) is 2. The lowest BCUT2D eigenvalue weighted by Crippen LogP contribution is -2.08. The van der Waals surface area contributed by atoms with Crippen LogP contribution in [0.25, 0.3) is 0 Å². The van der Waals surface area contributed by atoms with Gasteiger partial charge in [0.1, 0.15) is 4.91 Å². The summed E-state index contributed by atoms with van der Waals surface area (Å²) >= 11 is 0.696. The van der Waals surface area contributed by atoms with Crippen molar-refractivity contribution in [3.05, 3.63) is 40.9 Å². The van der Waals surface area contributed by atoms with Crippen LogP contribution in [0.5, 0.6) is 0 Å². The molecule has 0 fully saturated rings. The van der Waals surface area contributed by atoms with Crippen molar-refractivity contribution in [3.63, 3.8) is 0 Å². The molecule has 0 aliphatic carbocycles. The van der Waals surface area contributed by atoms with Crippen molar-refractivity contribution in [2.75, 3.05) is 0 Å². The van der Waals surface area contributed by atoms with Gasteiger partial charge in [0.15, 0.2) is 0 Å². The minimum absolute atomic E-state index is 0.572. The van der Waals surface area contributed by atoms with Crippen LogP contribution in [0.4, 0.5) is 13.2 Å². The van der Waals surface area contributed by atoms with Crippen molar-refractivity contribution >= 4 is 18.0 Å². The van der Waals surface area contributed by atoms with Gasteiger partial charge in [0.05, 0.1) is 0 Å². The summed E-state index contributed by atoms with van der Waals surface area (Å²) in [6, 6.07) is 6.86. The number of nitrogens with zero attached hydrogens (tertiary/aromatic N) is 1. The van der Waals surface area contributed by atoms with Crippen LogP contribution >= 0.6 is 11.8 Å². The van der Waals surface area contributed by atoms with Crippen molar-refractivity contribution in [2.45, 2.75) is 11.1 Å². The minimum Gasteiger partial charge on any atom is -0.263 e. The Morgan fingerprint density at radius 1 is 1.13 bits per heavy atom. The molecular formula is C10H6F3NS. The summed E-state index contributed by atoms with van der Waals surface area (Å²) in [6.45, 7) is 0. The van der Waals surface area contributed by atoms with Crippen LogP contribution in [0.3, 0.4) is 0 Å². The van der Waals surface area contributed by atoms with E-state index in [1.54, 1.807) is 24.3 Å². The van der Waals surface area contributed by atoms with E-state index in [1.807, 2.05) is 0 Å². The number of thioether (sulfide) groups is 1. The maximum Gasteiger partial charge on any atom is 0.424 e. The molecule has 0 N–H and O–H groups in total. The normalized spacial score (nSPS) is 15.5. The molecule has 0 saturated carbocycles. The highest BCUT2D eigenvalue weighted by Gasteiger charge is 2.35. The second-order valence-electron chi connectivity index (χ2n) is 2.91. The summed E-state index contributed by atoms with van der Waals surface area (Å²) in [7, 11) is 0. The molecule has 1 aliphatic rings. The first kappa shape index (κ1) is 10.3. The van der Waals surface area contributed by atoms with Gasteiger partial charge in [-0.25, -0.2) is 0 Å². The zero-order valence-electron chi connectivity index (χ0n) is 7.45. The summed E-state index contributed by atoms with van der Waals surface area (Å²) in [5.41, 5.74) is 0.706. The average Bonchev–Trinajstić information content (AvgIpc) is 2.38. The van der Waals surface area contributed by atoms with Gasteiger partial charge in [-0.2, -0.15) is 13.2 Å². The lowest BCUT2D eigenvalue weighted by molar-refractivity contribution is -0.0837. The highest BCUT2D eigenvalue weighted by Crippen LogP contribution is 2.40. The first-order chi connectivity index (χ1) is 7.07. The maximum absolute atomic E-state index is 12.5. The van der Waals surface area contributed by atoms with Gasteiger partial charge in [-0.05, 0) is 6.07 Å². The van der Waals surface area contributed by atoms with Gasteiger partial charge in [-0.15, -0.1) is 0 Å². The van der Waals surface area contributed by atoms with Gasteiger partial charge in [-0.3, -0.25) is 4.99 Å². The zero-order chi connectivity index (χ0) is 10.9. The predicted molar refractivity (Wildman–Crippen MR) is 54.0 cm³/mol. The molecule has 5 heteroatoms. The number of halogens is 3. The van der Waals surface area contributed by atoms with Crippen LogP contribution in [0.1, 0.15) is 5.56 Å². The molecule has 0 radical (unpaired) electrons. The second kappa shape index (κ2) is 3.73. The molecule has 1 heterocycles. The molecule has 0 aromatic heterocycles. The molecule has 0 saturated heterocycles. The van der Waals surface area contributed by atoms with Gasteiger partial charge in [-0.1, -0.05) is 30.0 Å². The molecule has 0 bridgehead atoms. The largest absolute Gasteiger partial charge is 0.424 e. The molecule has 0 spiro atoms. The zero-order valence-corrected chi connectivity index (χ0v) is 8.27.